The molecular formula is C22H38N4O2+2. The van der Waals surface area contributed by atoms with E-state index in [0.717, 1.165) is 35.1 Å². The molecule has 6 rings (SSSR count). The summed E-state index contributed by atoms with van der Waals surface area (Å²) in [5, 5.41) is 0. The zero-order chi connectivity index (χ0) is 20.7. The molecule has 4 atom stereocenters. The minimum atomic E-state index is -0.257. The van der Waals surface area contributed by atoms with Crippen LogP contribution in [0.15, 0.2) is 24.3 Å². The van der Waals surface area contributed by atoms with Gasteiger partial charge in [-0.2, -0.15) is 0 Å². The van der Waals surface area contributed by atoms with E-state index in [2.05, 4.69) is 66.3 Å². The standard InChI is InChI=1S/C22H38N4O2/c1-7-25(3,4)15-13-23-19-11-9-18(21(23)27)20-12-10-17(19)22(28)24(20)14-16-26(5,6)8-2/h9-12,17-20H,7-8,13-16H2,1-6H3/q+2/t17-,18-,19-,20-/m0/s1. The number of quaternary nitrogens is 2. The molecule has 156 valence electrons. The molecule has 0 unspecified atom stereocenters. The van der Waals surface area contributed by atoms with Crippen LogP contribution in [0.5, 0.6) is 0 Å². The van der Waals surface area contributed by atoms with E-state index in [9.17, 15) is 9.59 Å². The predicted octanol–water partition coefficient (Wildman–Crippen LogP) is 0.959. The minimum Gasteiger partial charge on any atom is -0.329 e. The second-order valence-corrected chi connectivity index (χ2v) is 9.82. The molecule has 0 radical (unpaired) electrons. The van der Waals surface area contributed by atoms with Crippen LogP contribution in [-0.2, 0) is 9.59 Å². The summed E-state index contributed by atoms with van der Waals surface area (Å²) in [5.74, 6) is -0.145. The van der Waals surface area contributed by atoms with Gasteiger partial charge in [-0.25, -0.2) is 0 Å². The van der Waals surface area contributed by atoms with Crippen molar-refractivity contribution in [3.8, 4) is 0 Å². The Morgan fingerprint density at radius 2 is 1.07 bits per heavy atom. The number of carbonyl (C=O) groups is 2. The molecule has 6 aliphatic rings. The van der Waals surface area contributed by atoms with Crippen LogP contribution in [0.4, 0.5) is 0 Å². The Kier molecular flexibility index (Phi) is 5.74. The SMILES string of the molecule is CC[N+](C)(C)CCN1C(=O)[C@H]2C=C[C@H]1[C@@H]1C=C[C@@H]2N(CC[N+](C)(C)CC)C1=O. The maximum absolute atomic E-state index is 13.4. The summed E-state index contributed by atoms with van der Waals surface area (Å²) in [5.41, 5.74) is 0. The van der Waals surface area contributed by atoms with Gasteiger partial charge in [-0.15, -0.1) is 0 Å². The van der Waals surface area contributed by atoms with Crippen LogP contribution in [0.1, 0.15) is 13.8 Å². The van der Waals surface area contributed by atoms with Gasteiger partial charge in [0.25, 0.3) is 0 Å². The maximum Gasteiger partial charge on any atom is 0.232 e. The van der Waals surface area contributed by atoms with Gasteiger partial charge in [-0.05, 0) is 13.8 Å². The Morgan fingerprint density at radius 3 is 1.39 bits per heavy atom. The molecule has 4 bridgehead atoms. The summed E-state index contributed by atoms with van der Waals surface area (Å²) in [4.78, 5) is 30.7. The molecule has 1 aliphatic carbocycles. The fourth-order valence-corrected chi connectivity index (χ4v) is 4.25. The van der Waals surface area contributed by atoms with Crippen LogP contribution in [0.2, 0.25) is 0 Å². The van der Waals surface area contributed by atoms with Gasteiger partial charge < -0.3 is 18.8 Å². The first-order chi connectivity index (χ1) is 13.1. The maximum atomic E-state index is 13.4. The normalized spacial score (nSPS) is 29.6. The van der Waals surface area contributed by atoms with Crippen molar-refractivity contribution in [3.05, 3.63) is 24.3 Å². The van der Waals surface area contributed by atoms with Crippen LogP contribution >= 0.6 is 0 Å². The fraction of sp³-hybridized carbons (Fsp3) is 0.727. The third kappa shape index (κ3) is 3.90. The molecule has 1 fully saturated rings. The van der Waals surface area contributed by atoms with Gasteiger partial charge in [-0.1, -0.05) is 24.3 Å². The van der Waals surface area contributed by atoms with Gasteiger partial charge in [0, 0.05) is 0 Å². The van der Waals surface area contributed by atoms with E-state index in [-0.39, 0.29) is 35.7 Å². The Hall–Kier alpha value is -1.66. The third-order valence-corrected chi connectivity index (χ3v) is 7.23. The van der Waals surface area contributed by atoms with E-state index in [0.29, 0.717) is 13.1 Å². The predicted molar refractivity (Wildman–Crippen MR) is 111 cm³/mol. The smallest absolute Gasteiger partial charge is 0.232 e. The van der Waals surface area contributed by atoms with Crippen LogP contribution in [-0.4, -0.2) is 110 Å². The van der Waals surface area contributed by atoms with E-state index in [4.69, 9.17) is 0 Å². The van der Waals surface area contributed by atoms with E-state index >= 15 is 0 Å². The molecule has 1 saturated heterocycles. The highest BCUT2D eigenvalue weighted by atomic mass is 16.2. The highest BCUT2D eigenvalue weighted by molar-refractivity contribution is 5.91. The van der Waals surface area contributed by atoms with Crippen LogP contribution in [0.3, 0.4) is 0 Å². The van der Waals surface area contributed by atoms with Crippen LogP contribution in [0, 0.1) is 11.8 Å². The van der Waals surface area contributed by atoms with Crippen molar-refractivity contribution in [2.24, 2.45) is 11.8 Å². The number of nitrogens with zero attached hydrogens (tertiary/aromatic N) is 4. The lowest BCUT2D eigenvalue weighted by Gasteiger charge is -2.50. The lowest BCUT2D eigenvalue weighted by Crippen LogP contribution is -2.64. The van der Waals surface area contributed by atoms with Gasteiger partial charge in [0.15, 0.2) is 0 Å². The first-order valence-corrected chi connectivity index (χ1v) is 10.7. The summed E-state index contributed by atoms with van der Waals surface area (Å²) < 4.78 is 1.75. The average molecular weight is 391 g/mol. The van der Waals surface area contributed by atoms with Crippen molar-refractivity contribution in [2.45, 2.75) is 25.9 Å². The van der Waals surface area contributed by atoms with Gasteiger partial charge in [0.05, 0.1) is 91.4 Å². The Morgan fingerprint density at radius 1 is 0.714 bits per heavy atom. The van der Waals surface area contributed by atoms with Crippen molar-refractivity contribution >= 4 is 11.8 Å². The van der Waals surface area contributed by atoms with E-state index in [1.165, 1.54) is 0 Å². The number of hydrogen-bond acceptors (Lipinski definition) is 2. The lowest BCUT2D eigenvalue weighted by atomic mass is 9.78. The van der Waals surface area contributed by atoms with E-state index in [1.54, 1.807) is 0 Å². The Labute approximate surface area is 170 Å². The molecule has 6 nitrogen and oxygen atoms in total. The number of carbonyl (C=O) groups excluding carboxylic acids is 2. The Bertz CT molecular complexity index is 624. The van der Waals surface area contributed by atoms with Gasteiger partial charge >= 0.3 is 0 Å². The van der Waals surface area contributed by atoms with Crippen molar-refractivity contribution in [3.63, 3.8) is 0 Å². The number of amides is 2. The summed E-state index contributed by atoms with van der Waals surface area (Å²) in [6.07, 6.45) is 8.34. The highest BCUT2D eigenvalue weighted by Crippen LogP contribution is 2.36. The topological polar surface area (TPSA) is 40.6 Å². The summed E-state index contributed by atoms with van der Waals surface area (Å²) in [7, 11) is 8.76. The average Bonchev–Trinajstić information content (AvgIpc) is 2.63. The highest BCUT2D eigenvalue weighted by Gasteiger charge is 2.49. The van der Waals surface area contributed by atoms with Crippen molar-refractivity contribution < 1.29 is 18.6 Å². The minimum absolute atomic E-state index is 0.151. The molecule has 0 aromatic heterocycles. The second-order valence-electron chi connectivity index (χ2n) is 9.82. The molecule has 5 aliphatic heterocycles. The second kappa shape index (κ2) is 7.64. The first kappa shape index (κ1) is 21.1. The molecule has 28 heavy (non-hydrogen) atoms. The molecule has 2 amide bonds. The van der Waals surface area contributed by atoms with Crippen LogP contribution < -0.4 is 0 Å². The quantitative estimate of drug-likeness (QED) is 0.458. The third-order valence-electron chi connectivity index (χ3n) is 7.23. The Balaban J connectivity index is 1.82. The monoisotopic (exact) mass is 390 g/mol. The van der Waals surface area contributed by atoms with Gasteiger partial charge in [0.2, 0.25) is 11.8 Å². The van der Waals surface area contributed by atoms with E-state index in [1.807, 2.05) is 9.80 Å². The first-order valence-electron chi connectivity index (χ1n) is 10.7. The lowest BCUT2D eigenvalue weighted by molar-refractivity contribution is -0.888. The fourth-order valence-electron chi connectivity index (χ4n) is 4.25. The summed E-state index contributed by atoms with van der Waals surface area (Å²) in [6.45, 7) is 9.60. The zero-order valence-corrected chi connectivity index (χ0v) is 18.5. The largest absolute Gasteiger partial charge is 0.329 e. The summed E-state index contributed by atoms with van der Waals surface area (Å²) >= 11 is 0. The molecular weight excluding hydrogens is 352 g/mol. The molecule has 0 aromatic carbocycles. The zero-order valence-electron chi connectivity index (χ0n) is 18.5. The van der Waals surface area contributed by atoms with Gasteiger partial charge in [0.1, 0.15) is 0 Å². The number of rotatable bonds is 8. The van der Waals surface area contributed by atoms with E-state index < -0.39 is 0 Å². The number of hydrogen-bond donors (Lipinski definition) is 0. The van der Waals surface area contributed by atoms with Crippen molar-refractivity contribution in [1.29, 1.82) is 0 Å². The molecule has 0 N–H and O–H groups in total. The molecule has 0 saturated carbocycles. The van der Waals surface area contributed by atoms with Gasteiger partial charge in [-0.3, -0.25) is 9.59 Å². The molecule has 6 heteroatoms. The molecule has 0 spiro atoms. The summed E-state index contributed by atoms with van der Waals surface area (Å²) in [6, 6.07) is -0.302. The van der Waals surface area contributed by atoms with Crippen molar-refractivity contribution in [1.82, 2.24) is 9.80 Å². The molecule has 5 heterocycles. The number of likely N-dealkylation sites (N-methyl/N-ethyl adjacent to an activating group) is 2. The molecule has 0 aromatic rings. The van der Waals surface area contributed by atoms with Crippen molar-refractivity contribution in [2.75, 3.05) is 67.5 Å². The van der Waals surface area contributed by atoms with Crippen LogP contribution in [0.25, 0.3) is 0 Å².